The molecule has 0 spiro atoms. The molecule has 164 valence electrons. The first-order valence-electron chi connectivity index (χ1n) is 10.7. The average Bonchev–Trinajstić information content (AvgIpc) is 3.23. The molecule has 5 rings (SSSR count). The van der Waals surface area contributed by atoms with Crippen LogP contribution in [0.25, 0.3) is 28.3 Å². The maximum Gasteiger partial charge on any atom is 0.223 e. The van der Waals surface area contributed by atoms with Crippen molar-refractivity contribution in [2.24, 2.45) is 0 Å². The first kappa shape index (κ1) is 20.8. The summed E-state index contributed by atoms with van der Waals surface area (Å²) in [5.41, 5.74) is 5.38. The van der Waals surface area contributed by atoms with E-state index in [1.54, 1.807) is 42.6 Å². The molecule has 2 aromatic carbocycles. The van der Waals surface area contributed by atoms with Crippen LogP contribution >= 0.6 is 0 Å². The van der Waals surface area contributed by atoms with E-state index in [9.17, 15) is 8.78 Å². The van der Waals surface area contributed by atoms with Gasteiger partial charge >= 0.3 is 0 Å². The Hall–Kier alpha value is -4.13. The van der Waals surface area contributed by atoms with Gasteiger partial charge < -0.3 is 5.32 Å². The van der Waals surface area contributed by atoms with E-state index in [-0.39, 0.29) is 18.2 Å². The highest BCUT2D eigenvalue weighted by Crippen LogP contribution is 2.32. The van der Waals surface area contributed by atoms with Crippen LogP contribution in [0.3, 0.4) is 0 Å². The fourth-order valence-corrected chi connectivity index (χ4v) is 3.75. The van der Waals surface area contributed by atoms with Gasteiger partial charge in [0, 0.05) is 30.1 Å². The second-order valence-electron chi connectivity index (χ2n) is 7.64. The summed E-state index contributed by atoms with van der Waals surface area (Å²) >= 11 is 0. The Morgan fingerprint density at radius 3 is 2.55 bits per heavy atom. The molecule has 0 fully saturated rings. The maximum absolute atomic E-state index is 14.0. The quantitative estimate of drug-likeness (QED) is 0.356. The number of hydrogen-bond acceptors (Lipinski definition) is 4. The van der Waals surface area contributed by atoms with Gasteiger partial charge in [0.1, 0.15) is 17.3 Å². The van der Waals surface area contributed by atoms with Gasteiger partial charge in [0.25, 0.3) is 0 Å². The lowest BCUT2D eigenvalue weighted by Crippen LogP contribution is -2.06. The van der Waals surface area contributed by atoms with Gasteiger partial charge in [-0.05, 0) is 60.5 Å². The van der Waals surface area contributed by atoms with Gasteiger partial charge in [-0.15, -0.1) is 0 Å². The standard InChI is InChI=1S/C26H21F2N5/c1-2-17-12-14-33-23(15-17)32-24(18-7-9-20(27)10-8-18)25(33)22-11-13-29-26(31-22)30-16-19-5-3-4-6-21(19)28/h3-15H,2,16H2,1H3,(H,29,30,31). The molecule has 0 unspecified atom stereocenters. The van der Waals surface area contributed by atoms with Crippen molar-refractivity contribution in [3.63, 3.8) is 0 Å². The van der Waals surface area contributed by atoms with Gasteiger partial charge in [-0.1, -0.05) is 25.1 Å². The van der Waals surface area contributed by atoms with Crippen molar-refractivity contribution in [1.82, 2.24) is 19.4 Å². The summed E-state index contributed by atoms with van der Waals surface area (Å²) < 4.78 is 29.5. The molecule has 5 nitrogen and oxygen atoms in total. The molecule has 0 saturated carbocycles. The monoisotopic (exact) mass is 441 g/mol. The van der Waals surface area contributed by atoms with Crippen LogP contribution in [0.1, 0.15) is 18.1 Å². The highest BCUT2D eigenvalue weighted by molar-refractivity contribution is 5.80. The number of rotatable bonds is 6. The van der Waals surface area contributed by atoms with Crippen molar-refractivity contribution in [2.45, 2.75) is 19.9 Å². The molecular formula is C26H21F2N5. The van der Waals surface area contributed by atoms with E-state index in [0.717, 1.165) is 23.3 Å². The molecule has 0 aliphatic heterocycles. The smallest absolute Gasteiger partial charge is 0.223 e. The van der Waals surface area contributed by atoms with Gasteiger partial charge in [0.15, 0.2) is 0 Å². The number of halogens is 2. The van der Waals surface area contributed by atoms with Crippen molar-refractivity contribution in [1.29, 1.82) is 0 Å². The van der Waals surface area contributed by atoms with Crippen molar-refractivity contribution < 1.29 is 8.78 Å². The number of fused-ring (bicyclic) bond motifs is 1. The highest BCUT2D eigenvalue weighted by Gasteiger charge is 2.18. The number of aryl methyl sites for hydroxylation is 1. The highest BCUT2D eigenvalue weighted by atomic mass is 19.1. The predicted octanol–water partition coefficient (Wildman–Crippen LogP) is 5.91. The fourth-order valence-electron chi connectivity index (χ4n) is 3.75. The molecule has 7 heteroatoms. The Morgan fingerprint density at radius 2 is 1.76 bits per heavy atom. The van der Waals surface area contributed by atoms with Crippen LogP contribution in [0, 0.1) is 11.6 Å². The number of pyridine rings is 1. The number of hydrogen-bond donors (Lipinski definition) is 1. The third-order valence-corrected chi connectivity index (χ3v) is 5.51. The molecular weight excluding hydrogens is 420 g/mol. The Kier molecular flexibility index (Phi) is 5.52. The summed E-state index contributed by atoms with van der Waals surface area (Å²) in [5.74, 6) is -0.215. The van der Waals surface area contributed by atoms with Gasteiger partial charge in [0.2, 0.25) is 5.95 Å². The molecule has 0 aliphatic rings. The zero-order valence-electron chi connectivity index (χ0n) is 18.0. The molecule has 0 atom stereocenters. The van der Waals surface area contributed by atoms with Gasteiger partial charge in [0.05, 0.1) is 17.1 Å². The van der Waals surface area contributed by atoms with E-state index in [2.05, 4.69) is 22.2 Å². The normalized spacial score (nSPS) is 11.1. The van der Waals surface area contributed by atoms with E-state index in [4.69, 9.17) is 4.98 Å². The summed E-state index contributed by atoms with van der Waals surface area (Å²) in [4.78, 5) is 13.8. The number of imidazole rings is 1. The molecule has 0 saturated heterocycles. The zero-order chi connectivity index (χ0) is 22.8. The molecule has 0 aliphatic carbocycles. The fraction of sp³-hybridized carbons (Fsp3) is 0.115. The summed E-state index contributed by atoms with van der Waals surface area (Å²) in [5, 5.41) is 3.10. The van der Waals surface area contributed by atoms with Crippen molar-refractivity contribution in [2.75, 3.05) is 5.32 Å². The van der Waals surface area contributed by atoms with Crippen LogP contribution < -0.4 is 5.32 Å². The lowest BCUT2D eigenvalue weighted by atomic mass is 10.1. The van der Waals surface area contributed by atoms with Crippen LogP contribution in [0.5, 0.6) is 0 Å². The number of benzene rings is 2. The number of nitrogens with one attached hydrogen (secondary N) is 1. The van der Waals surface area contributed by atoms with Gasteiger partial charge in [-0.2, -0.15) is 0 Å². The van der Waals surface area contributed by atoms with E-state index < -0.39 is 0 Å². The minimum absolute atomic E-state index is 0.258. The summed E-state index contributed by atoms with van der Waals surface area (Å²) in [6, 6.07) is 18.7. The first-order chi connectivity index (χ1) is 16.1. The molecule has 1 N–H and O–H groups in total. The van der Waals surface area contributed by atoms with Gasteiger partial charge in [-0.3, -0.25) is 4.40 Å². The Labute approximate surface area is 189 Å². The molecule has 0 bridgehead atoms. The summed E-state index contributed by atoms with van der Waals surface area (Å²) in [6.45, 7) is 2.35. The number of nitrogens with zero attached hydrogens (tertiary/aromatic N) is 4. The first-order valence-corrected chi connectivity index (χ1v) is 10.7. The lowest BCUT2D eigenvalue weighted by Gasteiger charge is -2.09. The zero-order valence-corrected chi connectivity index (χ0v) is 18.0. The Bertz CT molecular complexity index is 1430. The second-order valence-corrected chi connectivity index (χ2v) is 7.64. The average molecular weight is 441 g/mol. The van der Waals surface area contributed by atoms with Crippen LogP contribution in [0.4, 0.5) is 14.7 Å². The van der Waals surface area contributed by atoms with Gasteiger partial charge in [-0.25, -0.2) is 23.7 Å². The lowest BCUT2D eigenvalue weighted by molar-refractivity contribution is 0.612. The number of aromatic nitrogens is 4. The number of anilines is 1. The van der Waals surface area contributed by atoms with Crippen LogP contribution in [-0.2, 0) is 13.0 Å². The SMILES string of the molecule is CCc1ccn2c(-c3ccnc(NCc4ccccc4F)n3)c(-c3ccc(F)cc3)nc2c1. The Morgan fingerprint density at radius 1 is 0.939 bits per heavy atom. The van der Waals surface area contributed by atoms with Crippen molar-refractivity contribution in [3.8, 4) is 22.6 Å². The van der Waals surface area contributed by atoms with Crippen molar-refractivity contribution in [3.05, 3.63) is 102 Å². The van der Waals surface area contributed by atoms with E-state index in [0.29, 0.717) is 22.9 Å². The molecule has 3 heterocycles. The van der Waals surface area contributed by atoms with E-state index in [1.165, 1.54) is 23.8 Å². The molecule has 3 aromatic heterocycles. The molecule has 5 aromatic rings. The molecule has 0 amide bonds. The topological polar surface area (TPSA) is 55.1 Å². The minimum Gasteiger partial charge on any atom is -0.350 e. The van der Waals surface area contributed by atoms with E-state index in [1.807, 2.05) is 22.7 Å². The predicted molar refractivity (Wildman–Crippen MR) is 125 cm³/mol. The van der Waals surface area contributed by atoms with E-state index >= 15 is 0 Å². The maximum atomic E-state index is 14.0. The second kappa shape index (κ2) is 8.78. The van der Waals surface area contributed by atoms with Crippen LogP contribution in [-0.4, -0.2) is 19.4 Å². The van der Waals surface area contributed by atoms with Crippen LogP contribution in [0.2, 0.25) is 0 Å². The van der Waals surface area contributed by atoms with Crippen molar-refractivity contribution >= 4 is 11.6 Å². The third kappa shape index (κ3) is 4.17. The molecule has 0 radical (unpaired) electrons. The molecule has 33 heavy (non-hydrogen) atoms. The largest absolute Gasteiger partial charge is 0.350 e. The van der Waals surface area contributed by atoms with Crippen LogP contribution in [0.15, 0.2) is 79.1 Å². The minimum atomic E-state index is -0.306. The summed E-state index contributed by atoms with van der Waals surface area (Å²) in [6.07, 6.45) is 4.51. The third-order valence-electron chi connectivity index (χ3n) is 5.51. The Balaban J connectivity index is 1.58. The summed E-state index contributed by atoms with van der Waals surface area (Å²) in [7, 11) is 0.